The number of halogens is 20. The van der Waals surface area contributed by atoms with E-state index in [1.807, 2.05) is 34.9 Å². The number of hydrogen-bond acceptors (Lipinski definition) is 4. The molecule has 0 aliphatic heterocycles. The van der Waals surface area contributed by atoms with Gasteiger partial charge >= 0.3 is 5.97 Å². The molecule has 0 spiro atoms. The summed E-state index contributed by atoms with van der Waals surface area (Å²) >= 11 is 0. The number of azide groups is 1. The number of aromatic nitrogens is 2. The van der Waals surface area contributed by atoms with Crippen molar-refractivity contribution < 1.29 is 102 Å². The van der Waals surface area contributed by atoms with Crippen LogP contribution in [0.25, 0.3) is 10.4 Å². The molecule has 7 aromatic rings. The molecule has 362 valence electrons. The first-order chi connectivity index (χ1) is 32.9. The molecule has 0 aliphatic rings. The van der Waals surface area contributed by atoms with Gasteiger partial charge in [0.2, 0.25) is 11.9 Å². The molecule has 7 rings (SSSR count). The Morgan fingerprint density at radius 1 is 0.514 bits per heavy atom. The summed E-state index contributed by atoms with van der Waals surface area (Å²) in [6.45, 7) is 0.621. The summed E-state index contributed by atoms with van der Waals surface area (Å²) in [5, 5.41) is 3.48. The molecule has 6 aromatic carbocycles. The summed E-state index contributed by atoms with van der Waals surface area (Å²) in [6, 6.07) is 16.2. The Balaban J connectivity index is 0.000000270. The zero-order chi connectivity index (χ0) is 51.8. The molecule has 0 N–H and O–H groups in total. The lowest BCUT2D eigenvalue weighted by molar-refractivity contribution is -0.689. The van der Waals surface area contributed by atoms with Crippen LogP contribution < -0.4 is 31.2 Å². The smallest absolute Gasteiger partial charge is 0.368 e. The van der Waals surface area contributed by atoms with Gasteiger partial charge in [0, 0.05) is 16.2 Å². The van der Waals surface area contributed by atoms with Crippen molar-refractivity contribution in [1.82, 2.24) is 4.98 Å². The highest BCUT2D eigenvalue weighted by atomic mass is 19.2. The lowest BCUT2D eigenvalue weighted by atomic mass is 9.12. The molecule has 0 atom stereocenters. The second kappa shape index (κ2) is 19.8. The van der Waals surface area contributed by atoms with Crippen molar-refractivity contribution in [3.8, 4) is 5.75 Å². The Bertz CT molecular complexity index is 2940. The molecule has 28 heteroatoms. The monoisotopic (exact) mass is 1010 g/mol. The first-order valence-electron chi connectivity index (χ1n) is 18.4. The second-order valence-corrected chi connectivity index (χ2v) is 14.0. The normalized spacial score (nSPS) is 11.3. The summed E-state index contributed by atoms with van der Waals surface area (Å²) < 4.78 is 301. The standard InChI is InChI=1S/C24BF20.C18H14N5O2/c26-5-1(6(27)14(35)21(42)13(5)34)25(2-7(28)15(36)22(43)16(37)8(2)29,3-9(30)17(38)23(44)18(39)10(3)31)4-11(32)19(40)24(45)20(41)12(4)33;19-22-21-15-7-4-8-16(11-15)25-18(24)17-13-23(10-9-20-17)12-14-5-2-1-3-6-14/h;1-11,13H,12H2/q-1;+1. The quantitative estimate of drug-likeness (QED) is 0.0138. The zero-order valence-electron chi connectivity index (χ0n) is 33.3. The first-order valence-corrected chi connectivity index (χ1v) is 18.4. The highest BCUT2D eigenvalue weighted by Crippen LogP contribution is 2.31. The van der Waals surface area contributed by atoms with E-state index in [0.717, 1.165) is 5.56 Å². The molecular weight excluding hydrogens is 997 g/mol. The van der Waals surface area contributed by atoms with Crippen molar-refractivity contribution in [2.45, 2.75) is 6.54 Å². The van der Waals surface area contributed by atoms with Crippen LogP contribution in [0.5, 0.6) is 5.75 Å². The van der Waals surface area contributed by atoms with Crippen LogP contribution in [0, 0.1) is 116 Å². The van der Waals surface area contributed by atoms with E-state index >= 15 is 35.1 Å². The number of carbonyl (C=O) groups is 1. The van der Waals surface area contributed by atoms with Crippen LogP contribution in [0.3, 0.4) is 0 Å². The molecule has 1 heterocycles. The lowest BCUT2D eigenvalue weighted by Gasteiger charge is -2.44. The van der Waals surface area contributed by atoms with E-state index in [2.05, 4.69) is 15.0 Å². The molecular formula is C42H14BF20N5O2. The Morgan fingerprint density at radius 2 is 0.871 bits per heavy atom. The predicted molar refractivity (Wildman–Crippen MR) is 199 cm³/mol. The number of carbonyl (C=O) groups excluding carboxylic acids is 1. The molecule has 1 aromatic heterocycles. The Kier molecular flexibility index (Phi) is 14.5. The predicted octanol–water partition coefficient (Wildman–Crippen LogP) is 9.42. The number of rotatable bonds is 9. The van der Waals surface area contributed by atoms with Crippen molar-refractivity contribution in [1.29, 1.82) is 0 Å². The third kappa shape index (κ3) is 8.64. The minimum atomic E-state index is -7.22. The van der Waals surface area contributed by atoms with Gasteiger partial charge in [-0.1, -0.05) is 47.6 Å². The van der Waals surface area contributed by atoms with Crippen LogP contribution in [0.4, 0.5) is 93.5 Å². The molecule has 0 radical (unpaired) electrons. The minimum absolute atomic E-state index is 0.188. The number of nitrogens with zero attached hydrogens (tertiary/aromatic N) is 5. The van der Waals surface area contributed by atoms with Gasteiger partial charge in [0.05, 0.1) is 6.20 Å². The van der Waals surface area contributed by atoms with Crippen molar-refractivity contribution >= 4 is 39.7 Å². The fraction of sp³-hybridized carbons (Fsp3) is 0.0238. The van der Waals surface area contributed by atoms with Crippen LogP contribution in [0.1, 0.15) is 16.1 Å². The van der Waals surface area contributed by atoms with Crippen molar-refractivity contribution in [3.05, 3.63) is 211 Å². The average molecular weight is 1010 g/mol. The van der Waals surface area contributed by atoms with Crippen LogP contribution >= 0.6 is 0 Å². The fourth-order valence-corrected chi connectivity index (χ4v) is 7.13. The third-order valence-corrected chi connectivity index (χ3v) is 10.1. The van der Waals surface area contributed by atoms with Crippen LogP contribution in [0.15, 0.2) is 78.3 Å². The molecule has 0 amide bonds. The van der Waals surface area contributed by atoms with Crippen LogP contribution in [0.2, 0.25) is 0 Å². The van der Waals surface area contributed by atoms with E-state index in [0.29, 0.717) is 12.2 Å². The highest BCUT2D eigenvalue weighted by Gasteiger charge is 2.52. The van der Waals surface area contributed by atoms with Gasteiger partial charge < -0.3 is 4.74 Å². The van der Waals surface area contributed by atoms with E-state index < -0.39 is 150 Å². The third-order valence-electron chi connectivity index (χ3n) is 10.1. The van der Waals surface area contributed by atoms with Gasteiger partial charge in [-0.25, -0.2) is 97.6 Å². The largest absolute Gasteiger partial charge is 0.422 e. The van der Waals surface area contributed by atoms with E-state index in [9.17, 15) is 57.5 Å². The number of esters is 1. The Labute approximate surface area is 375 Å². The van der Waals surface area contributed by atoms with Gasteiger partial charge in [-0.05, 0) is 17.7 Å². The molecule has 0 saturated heterocycles. The van der Waals surface area contributed by atoms with Crippen molar-refractivity contribution in [2.24, 2.45) is 5.11 Å². The van der Waals surface area contributed by atoms with E-state index in [-0.39, 0.29) is 11.4 Å². The number of benzene rings is 6. The lowest BCUT2D eigenvalue weighted by Crippen LogP contribution is -2.81. The molecule has 0 saturated carbocycles. The zero-order valence-corrected chi connectivity index (χ0v) is 33.3. The van der Waals surface area contributed by atoms with E-state index in [1.54, 1.807) is 36.8 Å². The van der Waals surface area contributed by atoms with Gasteiger partial charge in [0.1, 0.15) is 58.4 Å². The highest BCUT2D eigenvalue weighted by molar-refractivity contribution is 7.20. The summed E-state index contributed by atoms with van der Waals surface area (Å²) in [6.07, 6.45) is -2.25. The molecule has 70 heavy (non-hydrogen) atoms. The Hall–Kier alpha value is -8.16. The maximum atomic E-state index is 15.4. The van der Waals surface area contributed by atoms with Crippen LogP contribution in [-0.4, -0.2) is 17.1 Å². The SMILES string of the molecule is Fc1c(F)c(F)c([B-](c2c(F)c(F)c(F)c(F)c2F)(c2c(F)c(F)c(F)c(F)c2F)c2c(F)c(F)c(F)c(F)c2F)c(F)c1F.[N-]=[N+]=Nc1cccc(OC(=O)c2c[n+](Cc3ccccc3)ccn2)c1. The number of hydrogen-bond donors (Lipinski definition) is 0. The van der Waals surface area contributed by atoms with Crippen molar-refractivity contribution in [2.75, 3.05) is 0 Å². The van der Waals surface area contributed by atoms with Gasteiger partial charge in [-0.2, -0.15) is 4.57 Å². The van der Waals surface area contributed by atoms with E-state index in [4.69, 9.17) is 10.3 Å². The first kappa shape index (κ1) is 51.2. The molecule has 7 nitrogen and oxygen atoms in total. The van der Waals surface area contributed by atoms with Crippen molar-refractivity contribution in [3.63, 3.8) is 0 Å². The molecule has 0 bridgehead atoms. The van der Waals surface area contributed by atoms with Gasteiger partial charge in [0.25, 0.3) is 0 Å². The fourth-order valence-electron chi connectivity index (χ4n) is 7.13. The molecule has 0 aliphatic carbocycles. The summed E-state index contributed by atoms with van der Waals surface area (Å²) in [5.41, 5.74) is -4.20. The maximum absolute atomic E-state index is 15.4. The van der Waals surface area contributed by atoms with Gasteiger partial charge in [0.15, 0.2) is 82.5 Å². The van der Waals surface area contributed by atoms with Crippen LogP contribution in [-0.2, 0) is 6.54 Å². The second-order valence-electron chi connectivity index (χ2n) is 14.0. The minimum Gasteiger partial charge on any atom is -0.422 e. The van der Waals surface area contributed by atoms with Gasteiger partial charge in [-0.15, -0.1) is 21.9 Å². The summed E-state index contributed by atoms with van der Waals surface area (Å²) in [4.78, 5) is 19.0. The topological polar surface area (TPSA) is 91.8 Å². The molecule has 0 unspecified atom stereocenters. The van der Waals surface area contributed by atoms with E-state index in [1.165, 1.54) is 6.07 Å². The van der Waals surface area contributed by atoms with Gasteiger partial charge in [-0.3, -0.25) is 0 Å². The summed E-state index contributed by atoms with van der Waals surface area (Å²) in [5.74, 6) is -71.7. The number of ether oxygens (including phenoxy) is 1. The maximum Gasteiger partial charge on any atom is 0.368 e. The summed E-state index contributed by atoms with van der Waals surface area (Å²) in [7, 11) is 0. The molecule has 0 fully saturated rings. The average Bonchev–Trinajstić information content (AvgIpc) is 3.34. The Morgan fingerprint density at radius 3 is 1.23 bits per heavy atom.